The Morgan fingerprint density at radius 3 is 2.43 bits per heavy atom. The van der Waals surface area contributed by atoms with E-state index in [4.69, 9.17) is 15.5 Å². The molecule has 37 heavy (non-hydrogen) atoms. The Balaban J connectivity index is 1.24. The molecule has 2 aromatic carbocycles. The highest BCUT2D eigenvalue weighted by atomic mass is 16.5. The second kappa shape index (κ2) is 10.5. The van der Waals surface area contributed by atoms with E-state index in [2.05, 4.69) is 56.9 Å². The molecule has 192 valence electrons. The van der Waals surface area contributed by atoms with Crippen LogP contribution in [0.25, 0.3) is 22.2 Å². The van der Waals surface area contributed by atoms with Crippen LogP contribution >= 0.6 is 0 Å². The zero-order chi connectivity index (χ0) is 25.2. The van der Waals surface area contributed by atoms with E-state index in [1.165, 1.54) is 39.0 Å². The van der Waals surface area contributed by atoms with Crippen molar-refractivity contribution in [2.24, 2.45) is 0 Å². The van der Waals surface area contributed by atoms with Gasteiger partial charge in [0, 0.05) is 50.0 Å². The third-order valence-corrected chi connectivity index (χ3v) is 8.15. The molecule has 1 aliphatic heterocycles. The fraction of sp³-hybridized carbons (Fsp3) is 0.400. The van der Waals surface area contributed by atoms with Crippen molar-refractivity contribution in [2.45, 2.75) is 44.4 Å². The van der Waals surface area contributed by atoms with Gasteiger partial charge in [-0.15, -0.1) is 0 Å². The van der Waals surface area contributed by atoms with E-state index in [9.17, 15) is 0 Å². The quantitative estimate of drug-likeness (QED) is 0.405. The van der Waals surface area contributed by atoms with Gasteiger partial charge < -0.3 is 19.9 Å². The number of hydrogen-bond donors (Lipinski definition) is 1. The van der Waals surface area contributed by atoms with Gasteiger partial charge >= 0.3 is 0 Å². The fourth-order valence-electron chi connectivity index (χ4n) is 5.99. The smallest absolute Gasteiger partial charge is 0.146 e. The summed E-state index contributed by atoms with van der Waals surface area (Å²) in [5.74, 6) is 1.37. The lowest BCUT2D eigenvalue weighted by molar-refractivity contribution is 0.0828. The SMILES string of the molecule is CN1CCN([C@H]2CC[C@H](n3cc(-c4cccc(OCc5ccccc5)c4)c4c(N)ncnc43)CC2)CC1. The molecule has 7 heteroatoms. The molecule has 0 spiro atoms. The molecule has 1 saturated carbocycles. The molecule has 1 aliphatic carbocycles. The molecule has 0 bridgehead atoms. The average Bonchev–Trinajstić information content (AvgIpc) is 3.34. The normalized spacial score (nSPS) is 21.3. The number of nitrogens with zero attached hydrogens (tertiary/aromatic N) is 5. The van der Waals surface area contributed by atoms with Crippen molar-refractivity contribution in [3.05, 3.63) is 72.7 Å². The first-order chi connectivity index (χ1) is 18.2. The summed E-state index contributed by atoms with van der Waals surface area (Å²) in [7, 11) is 2.22. The van der Waals surface area contributed by atoms with E-state index in [1.54, 1.807) is 6.33 Å². The topological polar surface area (TPSA) is 72.4 Å². The van der Waals surface area contributed by atoms with Crippen LogP contribution in [0.2, 0.25) is 0 Å². The molecule has 4 aromatic rings. The second-order valence-electron chi connectivity index (χ2n) is 10.5. The highest BCUT2D eigenvalue weighted by Crippen LogP contribution is 2.39. The number of ether oxygens (including phenoxy) is 1. The number of likely N-dealkylation sites (N-methyl/N-ethyl adjacent to an activating group) is 1. The molecular weight excluding hydrogens is 460 g/mol. The van der Waals surface area contributed by atoms with Gasteiger partial charge in [0.2, 0.25) is 0 Å². The number of anilines is 1. The molecule has 0 amide bonds. The summed E-state index contributed by atoms with van der Waals surface area (Å²) in [6.45, 7) is 5.27. The van der Waals surface area contributed by atoms with Gasteiger partial charge in [0.05, 0.1) is 5.39 Å². The average molecular weight is 497 g/mol. The van der Waals surface area contributed by atoms with Gasteiger partial charge in [0.1, 0.15) is 30.1 Å². The first kappa shape index (κ1) is 23.9. The summed E-state index contributed by atoms with van der Waals surface area (Å²) in [4.78, 5) is 14.2. The molecule has 6 rings (SSSR count). The highest BCUT2D eigenvalue weighted by molar-refractivity contribution is 6.00. The number of benzene rings is 2. The van der Waals surface area contributed by atoms with E-state index in [1.807, 2.05) is 30.3 Å². The predicted octanol–water partition coefficient (Wildman–Crippen LogP) is 4.99. The lowest BCUT2D eigenvalue weighted by atomic mass is 9.89. The van der Waals surface area contributed by atoms with Crippen LogP contribution in [0, 0.1) is 0 Å². The minimum absolute atomic E-state index is 0.423. The summed E-state index contributed by atoms with van der Waals surface area (Å²) < 4.78 is 8.48. The number of hydrogen-bond acceptors (Lipinski definition) is 6. The van der Waals surface area contributed by atoms with Crippen LogP contribution in [0.3, 0.4) is 0 Å². The maximum atomic E-state index is 6.43. The molecular formula is C30H36N6O. The van der Waals surface area contributed by atoms with Crippen molar-refractivity contribution in [3.8, 4) is 16.9 Å². The van der Waals surface area contributed by atoms with Crippen LogP contribution < -0.4 is 10.5 Å². The van der Waals surface area contributed by atoms with Gasteiger partial charge in [-0.05, 0) is 56.0 Å². The Bertz CT molecular complexity index is 1340. The monoisotopic (exact) mass is 496 g/mol. The van der Waals surface area contributed by atoms with Crippen molar-refractivity contribution in [2.75, 3.05) is 39.0 Å². The first-order valence-corrected chi connectivity index (χ1v) is 13.5. The van der Waals surface area contributed by atoms with Crippen molar-refractivity contribution in [1.29, 1.82) is 0 Å². The molecule has 1 saturated heterocycles. The van der Waals surface area contributed by atoms with Gasteiger partial charge in [-0.3, -0.25) is 4.90 Å². The predicted molar refractivity (Wildman–Crippen MR) is 149 cm³/mol. The van der Waals surface area contributed by atoms with Crippen molar-refractivity contribution in [3.63, 3.8) is 0 Å². The standard InChI is InChI=1S/C30H36N6O/c1-34-14-16-35(17-15-34)24-10-12-25(13-11-24)36-19-27(28-29(31)32-21-33-30(28)36)23-8-5-9-26(18-23)37-20-22-6-3-2-4-7-22/h2-9,18-19,21,24-25H,10-17,20H2,1H3,(H2,31,32,33)/t24-,25-. The van der Waals surface area contributed by atoms with E-state index in [0.717, 1.165) is 46.3 Å². The van der Waals surface area contributed by atoms with E-state index in [0.29, 0.717) is 24.5 Å². The third-order valence-electron chi connectivity index (χ3n) is 8.15. The Kier molecular flexibility index (Phi) is 6.81. The van der Waals surface area contributed by atoms with Crippen LogP contribution in [0.15, 0.2) is 67.1 Å². The fourth-order valence-corrected chi connectivity index (χ4v) is 5.99. The maximum Gasteiger partial charge on any atom is 0.146 e. The van der Waals surface area contributed by atoms with Gasteiger partial charge in [-0.1, -0.05) is 42.5 Å². The Morgan fingerprint density at radius 1 is 0.892 bits per heavy atom. The number of piperazine rings is 1. The largest absolute Gasteiger partial charge is 0.489 e. The number of aromatic nitrogens is 3. The number of nitrogens with two attached hydrogens (primary N) is 1. The van der Waals surface area contributed by atoms with Crippen molar-refractivity contribution >= 4 is 16.9 Å². The lowest BCUT2D eigenvalue weighted by Gasteiger charge is -2.41. The van der Waals surface area contributed by atoms with Gasteiger partial charge in [0.25, 0.3) is 0 Å². The minimum Gasteiger partial charge on any atom is -0.489 e. The van der Waals surface area contributed by atoms with Crippen LogP contribution in [0.1, 0.15) is 37.3 Å². The van der Waals surface area contributed by atoms with Gasteiger partial charge in [-0.2, -0.15) is 0 Å². The van der Waals surface area contributed by atoms with Crippen molar-refractivity contribution < 1.29 is 4.74 Å². The van der Waals surface area contributed by atoms with Crippen LogP contribution in [-0.4, -0.2) is 63.6 Å². The molecule has 2 aliphatic rings. The third kappa shape index (κ3) is 5.06. The highest BCUT2D eigenvalue weighted by Gasteiger charge is 2.30. The molecule has 3 heterocycles. The van der Waals surface area contributed by atoms with E-state index in [-0.39, 0.29) is 0 Å². The molecule has 0 radical (unpaired) electrons. The molecule has 2 N–H and O–H groups in total. The summed E-state index contributed by atoms with van der Waals surface area (Å²) in [5, 5.41) is 0.934. The number of fused-ring (bicyclic) bond motifs is 1. The van der Waals surface area contributed by atoms with E-state index < -0.39 is 0 Å². The first-order valence-electron chi connectivity index (χ1n) is 13.5. The molecule has 2 fully saturated rings. The van der Waals surface area contributed by atoms with Crippen LogP contribution in [-0.2, 0) is 6.61 Å². The summed E-state index contributed by atoms with van der Waals surface area (Å²) in [6, 6.07) is 19.6. The molecule has 0 unspecified atom stereocenters. The molecule has 7 nitrogen and oxygen atoms in total. The zero-order valence-corrected chi connectivity index (χ0v) is 21.6. The summed E-state index contributed by atoms with van der Waals surface area (Å²) in [5.41, 5.74) is 10.7. The minimum atomic E-state index is 0.423. The molecule has 2 aromatic heterocycles. The Hall–Kier alpha value is -3.42. The number of rotatable bonds is 6. The zero-order valence-electron chi connectivity index (χ0n) is 21.6. The number of nitrogen functional groups attached to an aromatic ring is 1. The van der Waals surface area contributed by atoms with Gasteiger partial charge in [0.15, 0.2) is 0 Å². The Morgan fingerprint density at radius 2 is 1.65 bits per heavy atom. The van der Waals surface area contributed by atoms with Crippen molar-refractivity contribution in [1.82, 2.24) is 24.3 Å². The van der Waals surface area contributed by atoms with Crippen LogP contribution in [0.5, 0.6) is 5.75 Å². The Labute approximate surface area is 218 Å². The van der Waals surface area contributed by atoms with E-state index >= 15 is 0 Å². The maximum absolute atomic E-state index is 6.43. The summed E-state index contributed by atoms with van der Waals surface area (Å²) >= 11 is 0. The van der Waals surface area contributed by atoms with Gasteiger partial charge in [-0.25, -0.2) is 9.97 Å². The molecule has 0 atom stereocenters. The lowest BCUT2D eigenvalue weighted by Crippen LogP contribution is -2.49. The second-order valence-corrected chi connectivity index (χ2v) is 10.5. The van der Waals surface area contributed by atoms with Crippen LogP contribution in [0.4, 0.5) is 5.82 Å². The summed E-state index contributed by atoms with van der Waals surface area (Å²) in [6.07, 6.45) is 8.61.